The van der Waals surface area contributed by atoms with Crippen molar-refractivity contribution in [2.45, 2.75) is 38.3 Å². The van der Waals surface area contributed by atoms with Gasteiger partial charge in [-0.05, 0) is 31.2 Å². The predicted molar refractivity (Wildman–Crippen MR) is 111 cm³/mol. The van der Waals surface area contributed by atoms with Gasteiger partial charge in [0, 0.05) is 25.1 Å². The summed E-state index contributed by atoms with van der Waals surface area (Å²) in [4.78, 5) is 24.5. The third-order valence-electron chi connectivity index (χ3n) is 4.87. The van der Waals surface area contributed by atoms with Crippen molar-refractivity contribution in [3.05, 3.63) is 39.3 Å². The third kappa shape index (κ3) is 5.27. The van der Waals surface area contributed by atoms with Gasteiger partial charge in [-0.1, -0.05) is 6.08 Å². The summed E-state index contributed by atoms with van der Waals surface area (Å²) in [5.41, 5.74) is 1.14. The topological polar surface area (TPSA) is 87.7 Å². The van der Waals surface area contributed by atoms with Crippen LogP contribution in [0.2, 0.25) is 0 Å². The number of hydrogen-bond donors (Lipinski definition) is 2. The molecule has 0 unspecified atom stereocenters. The Morgan fingerprint density at radius 3 is 3.04 bits per heavy atom. The Kier molecular flexibility index (Phi) is 7.75. The first kappa shape index (κ1) is 21.1. The van der Waals surface area contributed by atoms with Gasteiger partial charge < -0.3 is 19.6 Å². The highest BCUT2D eigenvalue weighted by Gasteiger charge is 2.21. The van der Waals surface area contributed by atoms with Crippen LogP contribution in [0.25, 0.3) is 10.2 Å². The van der Waals surface area contributed by atoms with Crippen molar-refractivity contribution in [1.82, 2.24) is 14.9 Å². The smallest absolute Gasteiger partial charge is 0.259 e. The number of H-pyrrole nitrogens is 1. The number of aryl methyl sites for hydroxylation is 2. The Labute approximate surface area is 169 Å². The number of nitrogens with one attached hydrogen (secondary N) is 1. The number of aliphatic hydroxyl groups is 1. The normalized spacial score (nSPS) is 15.1. The first-order chi connectivity index (χ1) is 13.6. The van der Waals surface area contributed by atoms with Crippen molar-refractivity contribution in [2.24, 2.45) is 0 Å². The molecular formula is C20H29N3O4S. The molecule has 2 heterocycles. The van der Waals surface area contributed by atoms with Crippen LogP contribution in [0.3, 0.4) is 0 Å². The number of aromatic nitrogens is 2. The van der Waals surface area contributed by atoms with Crippen LogP contribution in [-0.4, -0.2) is 66.1 Å². The lowest BCUT2D eigenvalue weighted by molar-refractivity contribution is 0.0189. The molecule has 1 atom stereocenters. The molecule has 0 fully saturated rings. The third-order valence-corrected chi connectivity index (χ3v) is 6.06. The number of thiophene rings is 1. The maximum Gasteiger partial charge on any atom is 0.259 e. The largest absolute Gasteiger partial charge is 0.389 e. The lowest BCUT2D eigenvalue weighted by Gasteiger charge is -2.24. The summed E-state index contributed by atoms with van der Waals surface area (Å²) in [5, 5.41) is 11.0. The molecule has 2 aromatic heterocycles. The predicted octanol–water partition coefficient (Wildman–Crippen LogP) is 1.88. The number of hydrogen-bond acceptors (Lipinski definition) is 7. The fourth-order valence-electron chi connectivity index (χ4n) is 3.59. The van der Waals surface area contributed by atoms with E-state index in [1.165, 1.54) is 16.9 Å². The van der Waals surface area contributed by atoms with Gasteiger partial charge in [-0.3, -0.25) is 9.69 Å². The Hall–Kier alpha value is -1.58. The molecule has 3 rings (SSSR count). The molecule has 0 aliphatic heterocycles. The van der Waals surface area contributed by atoms with Crippen LogP contribution in [0.1, 0.15) is 29.1 Å². The van der Waals surface area contributed by atoms with E-state index in [4.69, 9.17) is 14.5 Å². The van der Waals surface area contributed by atoms with Crippen LogP contribution in [0, 0.1) is 0 Å². The molecule has 1 aliphatic rings. The van der Waals surface area contributed by atoms with E-state index in [2.05, 4.69) is 11.6 Å². The first-order valence-corrected chi connectivity index (χ1v) is 10.6. The molecule has 0 saturated carbocycles. The van der Waals surface area contributed by atoms with Crippen molar-refractivity contribution >= 4 is 21.6 Å². The molecule has 1 aliphatic carbocycles. The van der Waals surface area contributed by atoms with Crippen molar-refractivity contribution in [3.8, 4) is 0 Å². The Bertz CT molecular complexity index is 848. The molecule has 0 radical (unpaired) electrons. The number of nitrogens with zero attached hydrogens (tertiary/aromatic N) is 2. The van der Waals surface area contributed by atoms with Gasteiger partial charge in [-0.25, -0.2) is 4.98 Å². The van der Waals surface area contributed by atoms with Crippen LogP contribution in [0.4, 0.5) is 0 Å². The standard InChI is InChI=1S/C20H29N3O4S/c1-3-9-27-13-14(24)11-23(8-10-26-2)12-17-21-19(25)18-15-6-4-5-7-16(15)28-20(18)22-17/h3,14,24H,1,4-13H2,2H3,(H,21,22,25)/t14-/m0/s1. The van der Waals surface area contributed by atoms with Gasteiger partial charge >= 0.3 is 0 Å². The fourth-order valence-corrected chi connectivity index (χ4v) is 4.87. The average molecular weight is 408 g/mol. The van der Waals surface area contributed by atoms with E-state index in [1.54, 1.807) is 24.5 Å². The summed E-state index contributed by atoms with van der Waals surface area (Å²) in [6.07, 6.45) is 5.34. The number of methoxy groups -OCH3 is 1. The van der Waals surface area contributed by atoms with Crippen LogP contribution in [0.5, 0.6) is 0 Å². The maximum absolute atomic E-state index is 12.7. The van der Waals surface area contributed by atoms with E-state index in [-0.39, 0.29) is 12.2 Å². The molecule has 7 nitrogen and oxygen atoms in total. The van der Waals surface area contributed by atoms with E-state index in [1.807, 2.05) is 4.90 Å². The Balaban J connectivity index is 1.75. The van der Waals surface area contributed by atoms with E-state index in [0.717, 1.165) is 29.5 Å². The minimum absolute atomic E-state index is 0.0547. The number of ether oxygens (including phenoxy) is 2. The van der Waals surface area contributed by atoms with Crippen LogP contribution < -0.4 is 5.56 Å². The molecule has 8 heteroatoms. The quantitative estimate of drug-likeness (QED) is 0.437. The lowest BCUT2D eigenvalue weighted by Crippen LogP contribution is -2.37. The number of aliphatic hydroxyl groups excluding tert-OH is 1. The second-order valence-corrected chi connectivity index (χ2v) is 8.20. The molecule has 2 N–H and O–H groups in total. The maximum atomic E-state index is 12.7. The summed E-state index contributed by atoms with van der Waals surface area (Å²) in [5.74, 6) is 0.617. The summed E-state index contributed by atoms with van der Waals surface area (Å²) in [6, 6.07) is 0. The minimum atomic E-state index is -0.638. The van der Waals surface area contributed by atoms with Gasteiger partial charge in [-0.2, -0.15) is 0 Å². The van der Waals surface area contributed by atoms with E-state index < -0.39 is 6.10 Å². The van der Waals surface area contributed by atoms with Gasteiger partial charge in [0.15, 0.2) is 0 Å². The Morgan fingerprint density at radius 1 is 1.43 bits per heavy atom. The van der Waals surface area contributed by atoms with Gasteiger partial charge in [0.05, 0.1) is 37.9 Å². The molecule has 2 aromatic rings. The highest BCUT2D eigenvalue weighted by atomic mass is 32.1. The lowest BCUT2D eigenvalue weighted by atomic mass is 9.97. The van der Waals surface area contributed by atoms with Crippen molar-refractivity contribution < 1.29 is 14.6 Å². The molecule has 0 bridgehead atoms. The number of aromatic amines is 1. The second kappa shape index (κ2) is 10.3. The number of fused-ring (bicyclic) bond motifs is 3. The van der Waals surface area contributed by atoms with Crippen LogP contribution >= 0.6 is 11.3 Å². The van der Waals surface area contributed by atoms with Gasteiger partial charge in [0.1, 0.15) is 10.7 Å². The zero-order chi connectivity index (χ0) is 19.9. The molecule has 154 valence electrons. The first-order valence-electron chi connectivity index (χ1n) is 9.73. The van der Waals surface area contributed by atoms with E-state index in [9.17, 15) is 9.90 Å². The van der Waals surface area contributed by atoms with Gasteiger partial charge in [0.2, 0.25) is 0 Å². The van der Waals surface area contributed by atoms with Gasteiger partial charge in [-0.15, -0.1) is 17.9 Å². The van der Waals surface area contributed by atoms with Gasteiger partial charge in [0.25, 0.3) is 5.56 Å². The summed E-state index contributed by atoms with van der Waals surface area (Å²) >= 11 is 1.65. The van der Waals surface area contributed by atoms with Crippen LogP contribution in [-0.2, 0) is 28.9 Å². The average Bonchev–Trinajstić information content (AvgIpc) is 3.05. The van der Waals surface area contributed by atoms with Crippen molar-refractivity contribution in [1.29, 1.82) is 0 Å². The number of rotatable bonds is 11. The molecular weight excluding hydrogens is 378 g/mol. The van der Waals surface area contributed by atoms with Crippen molar-refractivity contribution in [3.63, 3.8) is 0 Å². The summed E-state index contributed by atoms with van der Waals surface area (Å²) < 4.78 is 10.5. The van der Waals surface area contributed by atoms with E-state index in [0.29, 0.717) is 38.7 Å². The molecule has 0 saturated heterocycles. The fraction of sp³-hybridized carbons (Fsp3) is 0.600. The van der Waals surface area contributed by atoms with E-state index >= 15 is 0 Å². The summed E-state index contributed by atoms with van der Waals surface area (Å²) in [6.45, 7) is 6.23. The monoisotopic (exact) mass is 407 g/mol. The molecule has 28 heavy (non-hydrogen) atoms. The molecule has 0 aromatic carbocycles. The highest BCUT2D eigenvalue weighted by Crippen LogP contribution is 2.33. The zero-order valence-corrected chi connectivity index (χ0v) is 17.2. The SMILES string of the molecule is C=CCOC[C@@H](O)CN(CCOC)Cc1nc2sc3c(c2c(=O)[nH]1)CCCC3. The Morgan fingerprint density at radius 2 is 2.25 bits per heavy atom. The summed E-state index contributed by atoms with van der Waals surface area (Å²) in [7, 11) is 1.64. The second-order valence-electron chi connectivity index (χ2n) is 7.11. The van der Waals surface area contributed by atoms with Crippen LogP contribution in [0.15, 0.2) is 17.4 Å². The molecule has 0 amide bonds. The van der Waals surface area contributed by atoms with Crippen molar-refractivity contribution in [2.75, 3.05) is 40.0 Å². The zero-order valence-electron chi connectivity index (χ0n) is 16.4. The minimum Gasteiger partial charge on any atom is -0.389 e. The molecule has 0 spiro atoms. The highest BCUT2D eigenvalue weighted by molar-refractivity contribution is 7.18.